The summed E-state index contributed by atoms with van der Waals surface area (Å²) in [6, 6.07) is 9.54. The highest BCUT2D eigenvalue weighted by Crippen LogP contribution is 2.10. The van der Waals surface area contributed by atoms with Crippen molar-refractivity contribution in [3.05, 3.63) is 35.9 Å². The molecule has 1 atom stereocenters. The molecule has 0 unspecified atom stereocenters. The van der Waals surface area contributed by atoms with Gasteiger partial charge in [0.15, 0.2) is 0 Å². The van der Waals surface area contributed by atoms with Crippen molar-refractivity contribution in [2.24, 2.45) is 5.92 Å². The van der Waals surface area contributed by atoms with Gasteiger partial charge in [0.25, 0.3) is 0 Å². The molecule has 19 heavy (non-hydrogen) atoms. The largest absolute Gasteiger partial charge is 0.461 e. The van der Waals surface area contributed by atoms with E-state index in [-0.39, 0.29) is 30.8 Å². The first-order valence-electron chi connectivity index (χ1n) is 6.41. The normalized spacial score (nSPS) is 11.7. The van der Waals surface area contributed by atoms with Gasteiger partial charge in [-0.3, -0.25) is 9.59 Å². The van der Waals surface area contributed by atoms with Gasteiger partial charge in [-0.15, -0.1) is 0 Å². The smallest absolute Gasteiger partial charge is 0.306 e. The van der Waals surface area contributed by atoms with Crippen molar-refractivity contribution in [1.82, 2.24) is 4.90 Å². The average molecular weight is 263 g/mol. The lowest BCUT2D eigenvalue weighted by atomic mass is 10.0. The van der Waals surface area contributed by atoms with Gasteiger partial charge in [0.1, 0.15) is 6.61 Å². The van der Waals surface area contributed by atoms with E-state index in [4.69, 9.17) is 4.74 Å². The van der Waals surface area contributed by atoms with E-state index in [9.17, 15) is 9.59 Å². The summed E-state index contributed by atoms with van der Waals surface area (Å²) in [7, 11) is 3.43. The Morgan fingerprint density at radius 1 is 1.21 bits per heavy atom. The van der Waals surface area contributed by atoms with Crippen molar-refractivity contribution < 1.29 is 14.3 Å². The molecule has 0 aliphatic rings. The Hall–Kier alpha value is -1.84. The average Bonchev–Trinajstić information content (AvgIpc) is 2.42. The molecule has 0 heterocycles. The minimum absolute atomic E-state index is 0.0378. The van der Waals surface area contributed by atoms with Crippen LogP contribution in [0.5, 0.6) is 0 Å². The zero-order chi connectivity index (χ0) is 14.3. The number of esters is 1. The van der Waals surface area contributed by atoms with Crippen LogP contribution in [0.2, 0.25) is 0 Å². The molecule has 0 aliphatic carbocycles. The Morgan fingerprint density at radius 2 is 1.84 bits per heavy atom. The van der Waals surface area contributed by atoms with Crippen LogP contribution in [-0.2, 0) is 20.9 Å². The van der Waals surface area contributed by atoms with E-state index in [0.717, 1.165) is 5.56 Å². The summed E-state index contributed by atoms with van der Waals surface area (Å²) in [5.74, 6) is -0.377. The molecule has 0 spiro atoms. The molecule has 0 fully saturated rings. The van der Waals surface area contributed by atoms with Gasteiger partial charge < -0.3 is 9.64 Å². The minimum Gasteiger partial charge on any atom is -0.461 e. The summed E-state index contributed by atoms with van der Waals surface area (Å²) < 4.78 is 5.15. The predicted octanol–water partition coefficient (Wildman–Crippen LogP) is 2.23. The summed E-state index contributed by atoms with van der Waals surface area (Å²) in [5.41, 5.74) is 0.966. The maximum atomic E-state index is 11.6. The number of carbonyl (C=O) groups excluding carboxylic acids is 2. The van der Waals surface area contributed by atoms with E-state index in [1.165, 1.54) is 0 Å². The molecule has 4 nitrogen and oxygen atoms in total. The van der Waals surface area contributed by atoms with Crippen molar-refractivity contribution in [1.29, 1.82) is 0 Å². The van der Waals surface area contributed by atoms with Crippen LogP contribution in [0.4, 0.5) is 0 Å². The molecule has 0 radical (unpaired) electrons. The van der Waals surface area contributed by atoms with Gasteiger partial charge in [-0.1, -0.05) is 37.3 Å². The highest BCUT2D eigenvalue weighted by atomic mass is 16.5. The lowest BCUT2D eigenvalue weighted by Gasteiger charge is -2.16. The molecular formula is C15H21NO3. The molecule has 1 amide bonds. The number of carbonyl (C=O) groups is 2. The van der Waals surface area contributed by atoms with Gasteiger partial charge in [-0.05, 0) is 12.0 Å². The van der Waals surface area contributed by atoms with Crippen LogP contribution >= 0.6 is 0 Å². The quantitative estimate of drug-likeness (QED) is 0.739. The standard InChI is InChI=1S/C15H21NO3/c1-12(15(18)16(2)3)9-10-14(17)19-11-13-7-5-4-6-8-13/h4-8,12H,9-11H2,1-3H3/t12-/m1/s1. The molecular weight excluding hydrogens is 242 g/mol. The van der Waals surface area contributed by atoms with E-state index in [2.05, 4.69) is 0 Å². The summed E-state index contributed by atoms with van der Waals surface area (Å²) in [5, 5.41) is 0. The highest BCUT2D eigenvalue weighted by molar-refractivity contribution is 5.78. The first-order chi connectivity index (χ1) is 9.00. The van der Waals surface area contributed by atoms with Gasteiger partial charge in [0.2, 0.25) is 5.91 Å². The second-order valence-corrected chi connectivity index (χ2v) is 4.82. The molecule has 1 aromatic carbocycles. The fourth-order valence-corrected chi connectivity index (χ4v) is 1.71. The van der Waals surface area contributed by atoms with Crippen LogP contribution in [0.1, 0.15) is 25.3 Å². The first-order valence-corrected chi connectivity index (χ1v) is 6.41. The molecule has 0 saturated heterocycles. The van der Waals surface area contributed by atoms with Crippen LogP contribution in [-0.4, -0.2) is 30.9 Å². The minimum atomic E-state index is -0.262. The Bertz CT molecular complexity index is 415. The molecule has 0 N–H and O–H groups in total. The van der Waals surface area contributed by atoms with E-state index in [0.29, 0.717) is 6.42 Å². The van der Waals surface area contributed by atoms with Gasteiger partial charge in [0, 0.05) is 26.4 Å². The number of benzene rings is 1. The monoisotopic (exact) mass is 263 g/mol. The summed E-state index contributed by atoms with van der Waals surface area (Å²) in [6.45, 7) is 2.11. The van der Waals surface area contributed by atoms with E-state index in [1.54, 1.807) is 19.0 Å². The molecule has 1 aromatic rings. The van der Waals surface area contributed by atoms with Crippen LogP contribution in [0.25, 0.3) is 0 Å². The van der Waals surface area contributed by atoms with E-state index >= 15 is 0 Å². The van der Waals surface area contributed by atoms with Gasteiger partial charge in [-0.2, -0.15) is 0 Å². The lowest BCUT2D eigenvalue weighted by molar-refractivity contribution is -0.145. The Labute approximate surface area is 114 Å². The van der Waals surface area contributed by atoms with Crippen LogP contribution < -0.4 is 0 Å². The number of amides is 1. The van der Waals surface area contributed by atoms with Gasteiger partial charge >= 0.3 is 5.97 Å². The Balaban J connectivity index is 2.27. The van der Waals surface area contributed by atoms with Gasteiger partial charge in [-0.25, -0.2) is 0 Å². The van der Waals surface area contributed by atoms with Gasteiger partial charge in [0.05, 0.1) is 0 Å². The molecule has 0 bridgehead atoms. The zero-order valence-electron chi connectivity index (χ0n) is 11.8. The van der Waals surface area contributed by atoms with Crippen LogP contribution in [0.15, 0.2) is 30.3 Å². The predicted molar refractivity (Wildman–Crippen MR) is 73.3 cm³/mol. The zero-order valence-corrected chi connectivity index (χ0v) is 11.8. The molecule has 0 aliphatic heterocycles. The van der Waals surface area contributed by atoms with Crippen molar-refractivity contribution in [3.8, 4) is 0 Å². The molecule has 1 rings (SSSR count). The maximum Gasteiger partial charge on any atom is 0.306 e. The fraction of sp³-hybridized carbons (Fsp3) is 0.467. The van der Waals surface area contributed by atoms with Crippen LogP contribution in [0, 0.1) is 5.92 Å². The number of nitrogens with zero attached hydrogens (tertiary/aromatic N) is 1. The third kappa shape index (κ3) is 5.55. The summed E-state index contributed by atoms with van der Waals surface area (Å²) >= 11 is 0. The number of rotatable bonds is 6. The lowest BCUT2D eigenvalue weighted by Crippen LogP contribution is -2.28. The van der Waals surface area contributed by atoms with Crippen molar-refractivity contribution in [3.63, 3.8) is 0 Å². The number of hydrogen-bond donors (Lipinski definition) is 0. The second-order valence-electron chi connectivity index (χ2n) is 4.82. The van der Waals surface area contributed by atoms with E-state index in [1.807, 2.05) is 37.3 Å². The fourth-order valence-electron chi connectivity index (χ4n) is 1.71. The molecule has 104 valence electrons. The third-order valence-corrected chi connectivity index (χ3v) is 2.89. The third-order valence-electron chi connectivity index (χ3n) is 2.89. The molecule has 0 saturated carbocycles. The number of ether oxygens (including phenoxy) is 1. The van der Waals surface area contributed by atoms with Crippen molar-refractivity contribution in [2.45, 2.75) is 26.4 Å². The number of hydrogen-bond acceptors (Lipinski definition) is 3. The van der Waals surface area contributed by atoms with Crippen LogP contribution in [0.3, 0.4) is 0 Å². The summed E-state index contributed by atoms with van der Waals surface area (Å²) in [4.78, 5) is 24.7. The molecule has 0 aromatic heterocycles. The Morgan fingerprint density at radius 3 is 2.42 bits per heavy atom. The maximum absolute atomic E-state index is 11.6. The highest BCUT2D eigenvalue weighted by Gasteiger charge is 2.16. The molecule has 4 heteroatoms. The SMILES string of the molecule is C[C@H](CCC(=O)OCc1ccccc1)C(=O)N(C)C. The van der Waals surface area contributed by atoms with Crippen molar-refractivity contribution >= 4 is 11.9 Å². The Kier molecular flexibility index (Phi) is 6.06. The van der Waals surface area contributed by atoms with Crippen molar-refractivity contribution in [2.75, 3.05) is 14.1 Å². The first kappa shape index (κ1) is 15.2. The summed E-state index contributed by atoms with van der Waals surface area (Å²) in [6.07, 6.45) is 0.790. The van der Waals surface area contributed by atoms with E-state index < -0.39 is 0 Å². The topological polar surface area (TPSA) is 46.6 Å². The second kappa shape index (κ2) is 7.56.